The Labute approximate surface area is 110 Å². The SMILES string of the molecule is CN(c1ccccc1)c1nc(F)nc2ccccc12. The van der Waals surface area contributed by atoms with Gasteiger partial charge in [0, 0.05) is 18.1 Å². The van der Waals surface area contributed by atoms with Gasteiger partial charge in [0.05, 0.1) is 5.52 Å². The van der Waals surface area contributed by atoms with E-state index in [-0.39, 0.29) is 0 Å². The van der Waals surface area contributed by atoms with E-state index in [4.69, 9.17) is 0 Å². The van der Waals surface area contributed by atoms with Crippen molar-refractivity contribution in [3.63, 3.8) is 0 Å². The second-order valence-electron chi connectivity index (χ2n) is 4.23. The van der Waals surface area contributed by atoms with Crippen molar-refractivity contribution in [3.8, 4) is 0 Å². The zero-order valence-electron chi connectivity index (χ0n) is 10.4. The molecule has 2 aromatic carbocycles. The quantitative estimate of drug-likeness (QED) is 0.654. The Morgan fingerprint density at radius 1 is 0.895 bits per heavy atom. The van der Waals surface area contributed by atoms with Crippen LogP contribution in [0.2, 0.25) is 0 Å². The molecule has 3 rings (SSSR count). The van der Waals surface area contributed by atoms with E-state index in [1.54, 1.807) is 6.07 Å². The second kappa shape index (κ2) is 4.65. The van der Waals surface area contributed by atoms with E-state index in [1.165, 1.54) is 0 Å². The maximum Gasteiger partial charge on any atom is 0.311 e. The summed E-state index contributed by atoms with van der Waals surface area (Å²) in [4.78, 5) is 9.59. The zero-order valence-corrected chi connectivity index (χ0v) is 10.4. The molecule has 0 amide bonds. The molecule has 0 saturated heterocycles. The second-order valence-corrected chi connectivity index (χ2v) is 4.23. The van der Waals surface area contributed by atoms with Crippen LogP contribution in [0.1, 0.15) is 0 Å². The Balaban J connectivity index is 2.19. The molecule has 0 unspecified atom stereocenters. The number of nitrogens with zero attached hydrogens (tertiary/aromatic N) is 3. The first kappa shape index (κ1) is 11.6. The number of hydrogen-bond acceptors (Lipinski definition) is 3. The van der Waals surface area contributed by atoms with Gasteiger partial charge in [0.25, 0.3) is 0 Å². The highest BCUT2D eigenvalue weighted by atomic mass is 19.1. The minimum atomic E-state index is -0.712. The molecule has 3 nitrogen and oxygen atoms in total. The molecule has 0 atom stereocenters. The van der Waals surface area contributed by atoms with E-state index in [1.807, 2.05) is 60.5 Å². The van der Waals surface area contributed by atoms with Crippen molar-refractivity contribution in [1.82, 2.24) is 9.97 Å². The third-order valence-corrected chi connectivity index (χ3v) is 3.02. The van der Waals surface area contributed by atoms with E-state index in [2.05, 4.69) is 9.97 Å². The number of aromatic nitrogens is 2. The average molecular weight is 253 g/mol. The molecule has 0 N–H and O–H groups in total. The number of anilines is 2. The fourth-order valence-electron chi connectivity index (χ4n) is 2.06. The maximum absolute atomic E-state index is 13.5. The minimum absolute atomic E-state index is 0.564. The third kappa shape index (κ3) is 2.12. The lowest BCUT2D eigenvalue weighted by Crippen LogP contribution is -2.13. The Morgan fingerprint density at radius 2 is 1.58 bits per heavy atom. The molecule has 0 bridgehead atoms. The van der Waals surface area contributed by atoms with Crippen LogP contribution >= 0.6 is 0 Å². The molecular weight excluding hydrogens is 241 g/mol. The highest BCUT2D eigenvalue weighted by Gasteiger charge is 2.12. The fraction of sp³-hybridized carbons (Fsp3) is 0.0667. The first-order valence-electron chi connectivity index (χ1n) is 5.97. The van der Waals surface area contributed by atoms with Gasteiger partial charge in [-0.15, -0.1) is 0 Å². The van der Waals surface area contributed by atoms with Crippen LogP contribution in [0, 0.1) is 6.08 Å². The first-order valence-corrected chi connectivity index (χ1v) is 5.97. The average Bonchev–Trinajstić information content (AvgIpc) is 2.46. The molecule has 1 aromatic heterocycles. The number of fused-ring (bicyclic) bond motifs is 1. The lowest BCUT2D eigenvalue weighted by Gasteiger charge is -2.19. The lowest BCUT2D eigenvalue weighted by atomic mass is 10.2. The van der Waals surface area contributed by atoms with Crippen molar-refractivity contribution in [3.05, 3.63) is 60.7 Å². The van der Waals surface area contributed by atoms with Gasteiger partial charge in [-0.05, 0) is 24.3 Å². The summed E-state index contributed by atoms with van der Waals surface area (Å²) in [6.07, 6.45) is -0.712. The van der Waals surface area contributed by atoms with E-state index >= 15 is 0 Å². The Bertz CT molecular complexity index is 713. The Morgan fingerprint density at radius 3 is 2.37 bits per heavy atom. The third-order valence-electron chi connectivity index (χ3n) is 3.02. The molecule has 94 valence electrons. The van der Waals surface area contributed by atoms with Crippen LogP contribution in [0.5, 0.6) is 0 Å². The van der Waals surface area contributed by atoms with Crippen molar-refractivity contribution < 1.29 is 4.39 Å². The van der Waals surface area contributed by atoms with Gasteiger partial charge in [-0.25, -0.2) is 4.98 Å². The van der Waals surface area contributed by atoms with Gasteiger partial charge in [-0.2, -0.15) is 9.37 Å². The summed E-state index contributed by atoms with van der Waals surface area (Å²) in [5.74, 6) is 0.564. The molecular formula is C15H12FN3. The molecule has 0 aliphatic rings. The van der Waals surface area contributed by atoms with E-state index < -0.39 is 6.08 Å². The zero-order chi connectivity index (χ0) is 13.2. The van der Waals surface area contributed by atoms with Crippen LogP contribution < -0.4 is 4.90 Å². The predicted octanol–water partition coefficient (Wildman–Crippen LogP) is 3.54. The van der Waals surface area contributed by atoms with Gasteiger partial charge in [0.2, 0.25) is 0 Å². The number of rotatable bonds is 2. The van der Waals surface area contributed by atoms with E-state index in [9.17, 15) is 4.39 Å². The van der Waals surface area contributed by atoms with Gasteiger partial charge in [-0.3, -0.25) is 0 Å². The van der Waals surface area contributed by atoms with Crippen LogP contribution in [-0.2, 0) is 0 Å². The molecule has 1 heterocycles. The van der Waals surface area contributed by atoms with Crippen molar-refractivity contribution in [2.45, 2.75) is 0 Å². The topological polar surface area (TPSA) is 29.0 Å². The van der Waals surface area contributed by atoms with Crippen molar-refractivity contribution in [1.29, 1.82) is 0 Å². The molecule has 4 heteroatoms. The summed E-state index contributed by atoms with van der Waals surface area (Å²) in [5.41, 5.74) is 1.55. The van der Waals surface area contributed by atoms with Crippen LogP contribution in [-0.4, -0.2) is 17.0 Å². The standard InChI is InChI=1S/C15H12FN3/c1-19(11-7-3-2-4-8-11)14-12-9-5-6-10-13(12)17-15(16)18-14/h2-10H,1H3. The van der Waals surface area contributed by atoms with Crippen LogP contribution in [0.3, 0.4) is 0 Å². The maximum atomic E-state index is 13.5. The molecule has 0 fully saturated rings. The number of para-hydroxylation sites is 2. The summed E-state index contributed by atoms with van der Waals surface area (Å²) in [5, 5.41) is 0.829. The minimum Gasteiger partial charge on any atom is -0.329 e. The van der Waals surface area contributed by atoms with Crippen LogP contribution in [0.15, 0.2) is 54.6 Å². The summed E-state index contributed by atoms with van der Waals surface area (Å²) < 4.78 is 13.5. The highest BCUT2D eigenvalue weighted by molar-refractivity contribution is 5.91. The molecule has 3 aromatic rings. The van der Waals surface area contributed by atoms with Gasteiger partial charge in [-0.1, -0.05) is 30.3 Å². The largest absolute Gasteiger partial charge is 0.329 e. The van der Waals surface area contributed by atoms with Gasteiger partial charge in [0.1, 0.15) is 5.82 Å². The summed E-state index contributed by atoms with van der Waals surface area (Å²) in [6, 6.07) is 17.1. The van der Waals surface area contributed by atoms with Crippen molar-refractivity contribution >= 4 is 22.4 Å². The molecule has 0 aliphatic carbocycles. The van der Waals surface area contributed by atoms with Gasteiger partial charge in [0.15, 0.2) is 0 Å². The monoisotopic (exact) mass is 253 g/mol. The molecule has 0 spiro atoms. The Kier molecular flexibility index (Phi) is 2.83. The molecule has 0 aliphatic heterocycles. The van der Waals surface area contributed by atoms with E-state index in [0.717, 1.165) is 11.1 Å². The number of hydrogen-bond donors (Lipinski definition) is 0. The van der Waals surface area contributed by atoms with Crippen molar-refractivity contribution in [2.24, 2.45) is 0 Å². The van der Waals surface area contributed by atoms with Gasteiger partial charge < -0.3 is 4.90 Å². The fourth-order valence-corrected chi connectivity index (χ4v) is 2.06. The van der Waals surface area contributed by atoms with Crippen molar-refractivity contribution in [2.75, 3.05) is 11.9 Å². The Hall–Kier alpha value is -2.49. The summed E-state index contributed by atoms with van der Waals surface area (Å²) >= 11 is 0. The summed E-state index contributed by atoms with van der Waals surface area (Å²) in [6.45, 7) is 0. The predicted molar refractivity (Wildman–Crippen MR) is 74.0 cm³/mol. The molecule has 0 radical (unpaired) electrons. The van der Waals surface area contributed by atoms with Crippen LogP contribution in [0.4, 0.5) is 15.9 Å². The number of benzene rings is 2. The molecule has 19 heavy (non-hydrogen) atoms. The normalized spacial score (nSPS) is 10.6. The highest BCUT2D eigenvalue weighted by Crippen LogP contribution is 2.28. The molecule has 0 saturated carbocycles. The first-order chi connectivity index (χ1) is 9.25. The van der Waals surface area contributed by atoms with Gasteiger partial charge >= 0.3 is 6.08 Å². The van der Waals surface area contributed by atoms with E-state index in [0.29, 0.717) is 11.3 Å². The number of halogens is 1. The van der Waals surface area contributed by atoms with Crippen LogP contribution in [0.25, 0.3) is 10.9 Å². The summed E-state index contributed by atoms with van der Waals surface area (Å²) in [7, 11) is 1.86. The lowest BCUT2D eigenvalue weighted by molar-refractivity contribution is 0.545. The smallest absolute Gasteiger partial charge is 0.311 e.